The standard InChI is InChI=1S/C17H14N2O3S/c1-3-9-19-16(21)14(15(20)18-17(19)23)11-12-5-7-13(8-6-12)22-10-4-2/h2-3,5-8,11H,1,9-10H2,(H,18,20,23)/b14-11+. The number of nitrogens with zero attached hydrogens (tertiary/aromatic N) is 1. The highest BCUT2D eigenvalue weighted by molar-refractivity contribution is 7.80. The minimum Gasteiger partial charge on any atom is -0.481 e. The van der Waals surface area contributed by atoms with Crippen LogP contribution < -0.4 is 10.1 Å². The van der Waals surface area contributed by atoms with E-state index in [1.165, 1.54) is 17.1 Å². The molecule has 0 aromatic heterocycles. The van der Waals surface area contributed by atoms with Crippen molar-refractivity contribution in [3.8, 4) is 18.1 Å². The van der Waals surface area contributed by atoms with Crippen LogP contribution >= 0.6 is 12.2 Å². The molecule has 0 radical (unpaired) electrons. The smallest absolute Gasteiger partial charge is 0.265 e. The van der Waals surface area contributed by atoms with Crippen LogP contribution in [0.25, 0.3) is 6.08 Å². The third-order valence-corrected chi connectivity index (χ3v) is 3.33. The highest BCUT2D eigenvalue weighted by atomic mass is 32.1. The molecule has 0 aliphatic carbocycles. The second kappa shape index (κ2) is 7.38. The largest absolute Gasteiger partial charge is 0.481 e. The number of benzene rings is 1. The molecule has 1 aromatic carbocycles. The van der Waals surface area contributed by atoms with E-state index in [9.17, 15) is 9.59 Å². The summed E-state index contributed by atoms with van der Waals surface area (Å²) >= 11 is 4.99. The van der Waals surface area contributed by atoms with E-state index in [0.29, 0.717) is 11.3 Å². The monoisotopic (exact) mass is 326 g/mol. The summed E-state index contributed by atoms with van der Waals surface area (Å²) in [6, 6.07) is 6.87. The zero-order chi connectivity index (χ0) is 16.8. The molecule has 0 saturated carbocycles. The Morgan fingerprint density at radius 1 is 1.35 bits per heavy atom. The first-order valence-electron chi connectivity index (χ1n) is 6.73. The first-order valence-corrected chi connectivity index (χ1v) is 7.13. The van der Waals surface area contributed by atoms with Gasteiger partial charge in [0.05, 0.1) is 0 Å². The van der Waals surface area contributed by atoms with Gasteiger partial charge in [-0.05, 0) is 36.0 Å². The van der Waals surface area contributed by atoms with Gasteiger partial charge in [0.15, 0.2) is 5.11 Å². The molecule has 0 bridgehead atoms. The summed E-state index contributed by atoms with van der Waals surface area (Å²) < 4.78 is 5.27. The highest BCUT2D eigenvalue weighted by Gasteiger charge is 2.32. The van der Waals surface area contributed by atoms with E-state index >= 15 is 0 Å². The second-order valence-electron chi connectivity index (χ2n) is 4.58. The minimum atomic E-state index is -0.520. The lowest BCUT2D eigenvalue weighted by atomic mass is 10.1. The fourth-order valence-corrected chi connectivity index (χ4v) is 2.19. The molecule has 1 aromatic rings. The molecule has 23 heavy (non-hydrogen) atoms. The number of hydrogen-bond donors (Lipinski definition) is 1. The van der Waals surface area contributed by atoms with E-state index < -0.39 is 11.8 Å². The summed E-state index contributed by atoms with van der Waals surface area (Å²) in [5.41, 5.74) is 0.695. The fraction of sp³-hybridized carbons (Fsp3) is 0.118. The van der Waals surface area contributed by atoms with Crippen molar-refractivity contribution in [3.05, 3.63) is 48.1 Å². The van der Waals surface area contributed by atoms with Gasteiger partial charge in [-0.2, -0.15) is 0 Å². The van der Waals surface area contributed by atoms with Crippen molar-refractivity contribution in [1.29, 1.82) is 0 Å². The molecule has 5 nitrogen and oxygen atoms in total. The van der Waals surface area contributed by atoms with Gasteiger partial charge in [0, 0.05) is 6.54 Å². The molecule has 0 unspecified atom stereocenters. The maximum Gasteiger partial charge on any atom is 0.265 e. The molecule has 1 aliphatic rings. The molecule has 1 saturated heterocycles. The van der Waals surface area contributed by atoms with Gasteiger partial charge in [-0.1, -0.05) is 24.1 Å². The molecule has 1 heterocycles. The van der Waals surface area contributed by atoms with Crippen molar-refractivity contribution in [3.63, 3.8) is 0 Å². The van der Waals surface area contributed by atoms with Crippen molar-refractivity contribution >= 4 is 35.2 Å². The van der Waals surface area contributed by atoms with Crippen LogP contribution in [0.15, 0.2) is 42.5 Å². The van der Waals surface area contributed by atoms with Crippen LogP contribution in [0.1, 0.15) is 5.56 Å². The van der Waals surface area contributed by atoms with Crippen LogP contribution in [0.4, 0.5) is 0 Å². The Bertz CT molecular complexity index is 729. The van der Waals surface area contributed by atoms with Crippen LogP contribution in [0.5, 0.6) is 5.75 Å². The first-order chi connectivity index (χ1) is 11.1. The minimum absolute atomic E-state index is 0.0118. The zero-order valence-corrected chi connectivity index (χ0v) is 13.1. The quantitative estimate of drug-likeness (QED) is 0.293. The normalized spacial score (nSPS) is 16.0. The third kappa shape index (κ3) is 3.84. The van der Waals surface area contributed by atoms with E-state index in [0.717, 1.165) is 0 Å². The van der Waals surface area contributed by atoms with Gasteiger partial charge in [0.2, 0.25) is 0 Å². The van der Waals surface area contributed by atoms with E-state index in [4.69, 9.17) is 23.4 Å². The Kier molecular flexibility index (Phi) is 5.28. The van der Waals surface area contributed by atoms with Crippen LogP contribution in [-0.4, -0.2) is 35.0 Å². The van der Waals surface area contributed by atoms with Gasteiger partial charge in [0.1, 0.15) is 17.9 Å². The van der Waals surface area contributed by atoms with Crippen molar-refractivity contribution in [1.82, 2.24) is 10.2 Å². The number of rotatable bonds is 5. The Morgan fingerprint density at radius 3 is 2.65 bits per heavy atom. The molecule has 1 aliphatic heterocycles. The fourth-order valence-electron chi connectivity index (χ4n) is 1.94. The Morgan fingerprint density at radius 2 is 2.04 bits per heavy atom. The number of carbonyl (C=O) groups is 2. The van der Waals surface area contributed by atoms with Gasteiger partial charge in [-0.25, -0.2) is 0 Å². The number of thiocarbonyl (C=S) groups is 1. The van der Waals surface area contributed by atoms with Gasteiger partial charge in [-0.15, -0.1) is 13.0 Å². The van der Waals surface area contributed by atoms with E-state index in [1.54, 1.807) is 24.3 Å². The Labute approximate surface area is 139 Å². The second-order valence-corrected chi connectivity index (χ2v) is 4.97. The summed E-state index contributed by atoms with van der Waals surface area (Å²) in [7, 11) is 0. The van der Waals surface area contributed by atoms with E-state index in [1.807, 2.05) is 0 Å². The number of ether oxygens (including phenoxy) is 1. The van der Waals surface area contributed by atoms with Crippen LogP contribution in [0, 0.1) is 12.3 Å². The molecule has 1 N–H and O–H groups in total. The van der Waals surface area contributed by atoms with Crippen molar-refractivity contribution in [2.24, 2.45) is 0 Å². The van der Waals surface area contributed by atoms with Crippen LogP contribution in [-0.2, 0) is 9.59 Å². The highest BCUT2D eigenvalue weighted by Crippen LogP contribution is 2.17. The molecule has 2 rings (SSSR count). The maximum atomic E-state index is 12.4. The lowest BCUT2D eigenvalue weighted by Crippen LogP contribution is -2.53. The summed E-state index contributed by atoms with van der Waals surface area (Å²) in [4.78, 5) is 25.6. The van der Waals surface area contributed by atoms with Crippen LogP contribution in [0.3, 0.4) is 0 Å². The predicted molar refractivity (Wildman–Crippen MR) is 91.4 cm³/mol. The predicted octanol–water partition coefficient (Wildman–Crippen LogP) is 1.51. The maximum absolute atomic E-state index is 12.4. The topological polar surface area (TPSA) is 58.6 Å². The molecule has 0 atom stereocenters. The van der Waals surface area contributed by atoms with Crippen molar-refractivity contribution in [2.45, 2.75) is 0 Å². The zero-order valence-electron chi connectivity index (χ0n) is 12.2. The Balaban J connectivity index is 2.24. The summed E-state index contributed by atoms with van der Waals surface area (Å²) in [6.07, 6.45) is 8.16. The van der Waals surface area contributed by atoms with Gasteiger partial charge >= 0.3 is 0 Å². The van der Waals surface area contributed by atoms with E-state index in [-0.39, 0.29) is 23.8 Å². The summed E-state index contributed by atoms with van der Waals surface area (Å²) in [5.74, 6) is 2.01. The summed E-state index contributed by atoms with van der Waals surface area (Å²) in [6.45, 7) is 3.98. The number of terminal acetylenes is 1. The number of carbonyl (C=O) groups excluding carboxylic acids is 2. The third-order valence-electron chi connectivity index (χ3n) is 3.01. The average molecular weight is 326 g/mol. The van der Waals surface area contributed by atoms with Gasteiger partial charge < -0.3 is 4.74 Å². The molecular formula is C17H14N2O3S. The SMILES string of the molecule is C#CCOc1ccc(/C=C2\C(=O)NC(=S)N(CC=C)C2=O)cc1. The lowest BCUT2D eigenvalue weighted by Gasteiger charge is -2.27. The van der Waals surface area contributed by atoms with Crippen molar-refractivity contribution in [2.75, 3.05) is 13.2 Å². The molecular weight excluding hydrogens is 312 g/mol. The number of nitrogens with one attached hydrogen (secondary N) is 1. The van der Waals surface area contributed by atoms with Crippen LogP contribution in [0.2, 0.25) is 0 Å². The van der Waals surface area contributed by atoms with Gasteiger partial charge in [-0.3, -0.25) is 19.8 Å². The number of hydrogen-bond acceptors (Lipinski definition) is 4. The summed E-state index contributed by atoms with van der Waals surface area (Å²) in [5, 5.41) is 2.57. The Hall–Kier alpha value is -2.91. The van der Waals surface area contributed by atoms with Gasteiger partial charge in [0.25, 0.3) is 11.8 Å². The lowest BCUT2D eigenvalue weighted by molar-refractivity contribution is -0.128. The van der Waals surface area contributed by atoms with E-state index in [2.05, 4.69) is 17.8 Å². The number of amides is 2. The molecule has 2 amide bonds. The first kappa shape index (κ1) is 16.5. The molecule has 0 spiro atoms. The molecule has 1 fully saturated rings. The molecule has 116 valence electrons. The molecule has 6 heteroatoms. The van der Waals surface area contributed by atoms with Crippen molar-refractivity contribution < 1.29 is 14.3 Å². The average Bonchev–Trinajstić information content (AvgIpc) is 2.54.